The van der Waals surface area contributed by atoms with Crippen LogP contribution in [0.15, 0.2) is 40.9 Å². The van der Waals surface area contributed by atoms with Crippen LogP contribution >= 0.6 is 39.1 Å². The number of hydrogen-bond acceptors (Lipinski definition) is 1. The smallest absolute Gasteiger partial charge is 0.145 e. The lowest BCUT2D eigenvalue weighted by molar-refractivity contribution is 0.475. The van der Waals surface area contributed by atoms with Crippen LogP contribution in [0.5, 0.6) is 0 Å². The molecule has 2 aromatic carbocycles. The Morgan fingerprint density at radius 3 is 2.55 bits per heavy atom. The summed E-state index contributed by atoms with van der Waals surface area (Å²) in [5.41, 5.74) is 6.78. The quantitative estimate of drug-likeness (QED) is 0.771. The first kappa shape index (κ1) is 15.8. The van der Waals surface area contributed by atoms with Gasteiger partial charge < -0.3 is 5.73 Å². The molecule has 0 radical (unpaired) electrons. The van der Waals surface area contributed by atoms with Gasteiger partial charge in [-0.25, -0.2) is 4.39 Å². The molecule has 0 saturated carbocycles. The second kappa shape index (κ2) is 6.02. The molecule has 0 spiro atoms. The molecule has 2 N–H and O–H groups in total. The van der Waals surface area contributed by atoms with Crippen molar-refractivity contribution in [1.82, 2.24) is 0 Å². The number of nitrogens with two attached hydrogens (primary N) is 1. The Morgan fingerprint density at radius 1 is 1.20 bits per heavy atom. The van der Waals surface area contributed by atoms with Gasteiger partial charge in [-0.3, -0.25) is 0 Å². The van der Waals surface area contributed by atoms with Crippen molar-refractivity contribution in [2.75, 3.05) is 0 Å². The zero-order chi connectivity index (χ0) is 14.9. The van der Waals surface area contributed by atoms with Crippen LogP contribution < -0.4 is 5.73 Å². The lowest BCUT2D eigenvalue weighted by Gasteiger charge is -2.27. The van der Waals surface area contributed by atoms with Gasteiger partial charge in [0.2, 0.25) is 0 Å². The van der Waals surface area contributed by atoms with E-state index in [9.17, 15) is 4.39 Å². The van der Waals surface area contributed by atoms with Crippen molar-refractivity contribution in [3.63, 3.8) is 0 Å². The fraction of sp³-hybridized carbons (Fsp3) is 0.200. The fourth-order valence-corrected chi connectivity index (χ4v) is 3.21. The van der Waals surface area contributed by atoms with E-state index in [1.54, 1.807) is 18.2 Å². The summed E-state index contributed by atoms with van der Waals surface area (Å²) < 4.78 is 14.9. The molecule has 1 nitrogen and oxygen atoms in total. The van der Waals surface area contributed by atoms with Gasteiger partial charge in [-0.05, 0) is 42.7 Å². The number of halogens is 4. The van der Waals surface area contributed by atoms with Crippen molar-refractivity contribution in [2.45, 2.75) is 18.9 Å². The van der Waals surface area contributed by atoms with Crippen molar-refractivity contribution in [3.8, 4) is 0 Å². The average Bonchev–Trinajstić information content (AvgIpc) is 2.34. The van der Waals surface area contributed by atoms with Crippen LogP contribution in [0, 0.1) is 5.82 Å². The van der Waals surface area contributed by atoms with Gasteiger partial charge >= 0.3 is 0 Å². The molecule has 0 aliphatic carbocycles. The van der Waals surface area contributed by atoms with E-state index in [1.807, 2.05) is 19.1 Å². The van der Waals surface area contributed by atoms with Gasteiger partial charge in [-0.1, -0.05) is 57.3 Å². The van der Waals surface area contributed by atoms with Crippen LogP contribution in [-0.2, 0) is 12.0 Å². The van der Waals surface area contributed by atoms with Gasteiger partial charge in [0, 0.05) is 15.0 Å². The molecule has 2 aromatic rings. The highest BCUT2D eigenvalue weighted by atomic mass is 79.9. The summed E-state index contributed by atoms with van der Waals surface area (Å²) in [4.78, 5) is 0. The second-order valence-electron chi connectivity index (χ2n) is 4.93. The van der Waals surface area contributed by atoms with Crippen molar-refractivity contribution in [2.24, 2.45) is 5.73 Å². The van der Waals surface area contributed by atoms with E-state index in [1.165, 1.54) is 6.07 Å². The number of rotatable bonds is 3. The summed E-state index contributed by atoms with van der Waals surface area (Å²) >= 11 is 15.4. The largest absolute Gasteiger partial charge is 0.321 e. The van der Waals surface area contributed by atoms with Crippen LogP contribution in [0.3, 0.4) is 0 Å². The number of hydrogen-bond donors (Lipinski definition) is 1. The lowest BCUT2D eigenvalue weighted by Crippen LogP contribution is -2.36. The molecule has 1 atom stereocenters. The maximum absolute atomic E-state index is 14.0. The molecule has 0 aliphatic heterocycles. The van der Waals surface area contributed by atoms with Crippen molar-refractivity contribution >= 4 is 39.1 Å². The Bertz CT molecular complexity index is 644. The van der Waals surface area contributed by atoms with Crippen LogP contribution in [0.25, 0.3) is 0 Å². The summed E-state index contributed by atoms with van der Waals surface area (Å²) in [6.45, 7) is 1.82. The summed E-state index contributed by atoms with van der Waals surface area (Å²) in [7, 11) is 0. The maximum Gasteiger partial charge on any atom is 0.145 e. The SMILES string of the molecule is CC(N)(Cc1cccc(Cl)c1F)c1ccc(Br)cc1Cl. The Morgan fingerprint density at radius 2 is 1.90 bits per heavy atom. The molecule has 1 unspecified atom stereocenters. The molecule has 5 heteroatoms. The van der Waals surface area contributed by atoms with Crippen molar-refractivity contribution in [3.05, 3.63) is 67.9 Å². The minimum Gasteiger partial charge on any atom is -0.321 e. The zero-order valence-corrected chi connectivity index (χ0v) is 13.9. The predicted molar refractivity (Wildman–Crippen MR) is 85.8 cm³/mol. The van der Waals surface area contributed by atoms with Crippen molar-refractivity contribution in [1.29, 1.82) is 0 Å². The summed E-state index contributed by atoms with van der Waals surface area (Å²) in [6.07, 6.45) is 0.306. The monoisotopic (exact) mass is 375 g/mol. The maximum atomic E-state index is 14.0. The average molecular weight is 377 g/mol. The molecular weight excluding hydrogens is 364 g/mol. The van der Waals surface area contributed by atoms with E-state index in [-0.39, 0.29) is 5.02 Å². The molecule has 2 rings (SSSR count). The molecular formula is C15H13BrCl2FN. The Labute approximate surface area is 136 Å². The molecule has 0 amide bonds. The van der Waals surface area contributed by atoms with Crippen molar-refractivity contribution < 1.29 is 4.39 Å². The zero-order valence-electron chi connectivity index (χ0n) is 10.8. The fourth-order valence-electron chi connectivity index (χ4n) is 2.13. The Balaban J connectivity index is 2.38. The second-order valence-corrected chi connectivity index (χ2v) is 6.66. The predicted octanol–water partition coefficient (Wildman–Crippen LogP) is 5.31. The summed E-state index contributed by atoms with van der Waals surface area (Å²) in [5, 5.41) is 0.645. The third-order valence-electron chi connectivity index (χ3n) is 3.14. The van der Waals surface area contributed by atoms with E-state index in [0.29, 0.717) is 17.0 Å². The highest BCUT2D eigenvalue weighted by molar-refractivity contribution is 9.10. The van der Waals surface area contributed by atoms with E-state index in [4.69, 9.17) is 28.9 Å². The summed E-state index contributed by atoms with van der Waals surface area (Å²) in [5.74, 6) is -0.431. The molecule has 106 valence electrons. The first-order valence-electron chi connectivity index (χ1n) is 5.98. The Hall–Kier alpha value is -0.610. The summed E-state index contributed by atoms with van der Waals surface area (Å²) in [6, 6.07) is 10.4. The molecule has 0 aliphatic rings. The van der Waals surface area contributed by atoms with Gasteiger partial charge in [0.15, 0.2) is 0 Å². The van der Waals surface area contributed by atoms with Gasteiger partial charge in [0.25, 0.3) is 0 Å². The van der Waals surface area contributed by atoms with Gasteiger partial charge in [0.05, 0.1) is 5.02 Å². The highest BCUT2D eigenvalue weighted by Crippen LogP contribution is 2.32. The van der Waals surface area contributed by atoms with Crippen LogP contribution in [0.1, 0.15) is 18.1 Å². The van der Waals surface area contributed by atoms with Crippen LogP contribution in [0.2, 0.25) is 10.0 Å². The van der Waals surface area contributed by atoms with E-state index in [0.717, 1.165) is 10.0 Å². The Kier molecular flexibility index (Phi) is 4.75. The molecule has 0 heterocycles. The third-order valence-corrected chi connectivity index (χ3v) is 4.23. The molecule has 0 bridgehead atoms. The van der Waals surface area contributed by atoms with Gasteiger partial charge in [-0.15, -0.1) is 0 Å². The molecule has 20 heavy (non-hydrogen) atoms. The van der Waals surface area contributed by atoms with E-state index in [2.05, 4.69) is 15.9 Å². The number of benzene rings is 2. The minimum absolute atomic E-state index is 0.0974. The normalized spacial score (nSPS) is 14.1. The topological polar surface area (TPSA) is 26.0 Å². The molecule has 0 fully saturated rings. The molecule has 0 aromatic heterocycles. The van der Waals surface area contributed by atoms with Gasteiger partial charge in [-0.2, -0.15) is 0 Å². The van der Waals surface area contributed by atoms with Crippen LogP contribution in [-0.4, -0.2) is 0 Å². The first-order chi connectivity index (χ1) is 9.31. The van der Waals surface area contributed by atoms with E-state index >= 15 is 0 Å². The van der Waals surface area contributed by atoms with E-state index < -0.39 is 11.4 Å². The molecule has 0 saturated heterocycles. The minimum atomic E-state index is -0.788. The highest BCUT2D eigenvalue weighted by Gasteiger charge is 2.26. The standard InChI is InChI=1S/C15H13BrCl2FN/c1-15(20,11-6-5-10(16)7-13(11)18)8-9-3-2-4-12(17)14(9)19/h2-7H,8,20H2,1H3. The van der Waals surface area contributed by atoms with Crippen LogP contribution in [0.4, 0.5) is 4.39 Å². The first-order valence-corrected chi connectivity index (χ1v) is 7.53. The lowest BCUT2D eigenvalue weighted by atomic mass is 9.86. The van der Waals surface area contributed by atoms with Gasteiger partial charge in [0.1, 0.15) is 5.82 Å². The third kappa shape index (κ3) is 3.34.